The summed E-state index contributed by atoms with van der Waals surface area (Å²) in [6.07, 6.45) is 1.53. The smallest absolute Gasteiger partial charge is 0.221 e. The summed E-state index contributed by atoms with van der Waals surface area (Å²) in [6.45, 7) is 11.6. The Morgan fingerprint density at radius 3 is 2.56 bits per heavy atom. The molecular weight excluding hydrogens is 228 g/mol. The molecule has 1 rings (SSSR count). The van der Waals surface area contributed by atoms with Crippen molar-refractivity contribution < 1.29 is 4.74 Å². The van der Waals surface area contributed by atoms with Gasteiger partial charge in [0.15, 0.2) is 0 Å². The molecule has 0 bridgehead atoms. The van der Waals surface area contributed by atoms with Crippen LogP contribution in [0.15, 0.2) is 6.33 Å². The molecular formula is C13H24N4O. The maximum absolute atomic E-state index is 5.19. The molecule has 1 unspecified atom stereocenters. The van der Waals surface area contributed by atoms with Crippen molar-refractivity contribution >= 4 is 5.82 Å². The Morgan fingerprint density at radius 1 is 1.33 bits per heavy atom. The molecule has 1 N–H and O–H groups in total. The first-order valence-corrected chi connectivity index (χ1v) is 6.46. The average molecular weight is 252 g/mol. The zero-order valence-electron chi connectivity index (χ0n) is 12.0. The molecule has 0 amide bonds. The molecule has 0 aliphatic heterocycles. The second kappa shape index (κ2) is 7.16. The van der Waals surface area contributed by atoms with Crippen molar-refractivity contribution in [3.8, 4) is 5.88 Å². The predicted molar refractivity (Wildman–Crippen MR) is 74.2 cm³/mol. The van der Waals surface area contributed by atoms with Gasteiger partial charge in [-0.25, -0.2) is 9.97 Å². The molecule has 18 heavy (non-hydrogen) atoms. The molecule has 0 aromatic carbocycles. The monoisotopic (exact) mass is 252 g/mol. The second-order valence-corrected chi connectivity index (χ2v) is 4.39. The van der Waals surface area contributed by atoms with Gasteiger partial charge in [-0.2, -0.15) is 0 Å². The van der Waals surface area contributed by atoms with Gasteiger partial charge in [0.2, 0.25) is 5.88 Å². The van der Waals surface area contributed by atoms with Crippen LogP contribution >= 0.6 is 0 Å². The summed E-state index contributed by atoms with van der Waals surface area (Å²) < 4.78 is 5.19. The number of hydrogen-bond donors (Lipinski definition) is 1. The summed E-state index contributed by atoms with van der Waals surface area (Å²) in [5.74, 6) is 1.48. The Bertz CT molecular complexity index is 366. The van der Waals surface area contributed by atoms with E-state index in [1.807, 2.05) is 6.92 Å². The highest BCUT2D eigenvalue weighted by Gasteiger charge is 2.11. The number of anilines is 1. The number of ether oxygens (including phenoxy) is 1. The standard InChI is InChI=1S/C13H24N4O/c1-6-17(7-2)8-10(3)16-12-11(4)13(18-5)15-9-14-12/h9-10H,6-8H2,1-5H3,(H,14,15,16). The quantitative estimate of drug-likeness (QED) is 0.803. The summed E-state index contributed by atoms with van der Waals surface area (Å²) >= 11 is 0. The van der Waals surface area contributed by atoms with E-state index in [9.17, 15) is 0 Å². The van der Waals surface area contributed by atoms with Gasteiger partial charge in [-0.15, -0.1) is 0 Å². The van der Waals surface area contributed by atoms with E-state index in [2.05, 4.69) is 41.0 Å². The van der Waals surface area contributed by atoms with E-state index in [0.29, 0.717) is 11.9 Å². The van der Waals surface area contributed by atoms with E-state index in [0.717, 1.165) is 31.0 Å². The SMILES string of the molecule is CCN(CC)CC(C)Nc1ncnc(OC)c1C. The zero-order chi connectivity index (χ0) is 13.5. The minimum absolute atomic E-state index is 0.336. The average Bonchev–Trinajstić information content (AvgIpc) is 2.38. The van der Waals surface area contributed by atoms with E-state index in [4.69, 9.17) is 4.74 Å². The molecule has 1 atom stereocenters. The third kappa shape index (κ3) is 3.84. The van der Waals surface area contributed by atoms with Crippen LogP contribution in [0.3, 0.4) is 0 Å². The largest absolute Gasteiger partial charge is 0.481 e. The predicted octanol–water partition coefficient (Wildman–Crippen LogP) is 1.94. The summed E-state index contributed by atoms with van der Waals surface area (Å²) in [7, 11) is 1.62. The third-order valence-electron chi connectivity index (χ3n) is 3.04. The van der Waals surface area contributed by atoms with Gasteiger partial charge in [-0.3, -0.25) is 0 Å². The number of rotatable bonds is 7. The normalized spacial score (nSPS) is 12.6. The molecule has 5 nitrogen and oxygen atoms in total. The Morgan fingerprint density at radius 2 is 2.00 bits per heavy atom. The molecule has 102 valence electrons. The van der Waals surface area contributed by atoms with E-state index in [1.54, 1.807) is 7.11 Å². The highest BCUT2D eigenvalue weighted by Crippen LogP contribution is 2.20. The van der Waals surface area contributed by atoms with Gasteiger partial charge in [0.25, 0.3) is 0 Å². The Labute approximate surface area is 110 Å². The maximum atomic E-state index is 5.19. The minimum atomic E-state index is 0.336. The number of likely N-dealkylation sites (N-methyl/N-ethyl adjacent to an activating group) is 1. The van der Waals surface area contributed by atoms with Gasteiger partial charge in [0.1, 0.15) is 12.1 Å². The molecule has 1 heterocycles. The summed E-state index contributed by atoms with van der Waals surface area (Å²) in [4.78, 5) is 10.7. The fourth-order valence-electron chi connectivity index (χ4n) is 1.93. The lowest BCUT2D eigenvalue weighted by Crippen LogP contribution is -2.35. The zero-order valence-corrected chi connectivity index (χ0v) is 12.0. The Kier molecular flexibility index (Phi) is 5.85. The van der Waals surface area contributed by atoms with E-state index >= 15 is 0 Å². The molecule has 0 fully saturated rings. The van der Waals surface area contributed by atoms with Crippen LogP contribution in [-0.2, 0) is 0 Å². The van der Waals surface area contributed by atoms with Crippen LogP contribution in [0.2, 0.25) is 0 Å². The van der Waals surface area contributed by atoms with Crippen molar-refractivity contribution in [3.63, 3.8) is 0 Å². The van der Waals surface area contributed by atoms with Crippen molar-refractivity contribution in [2.75, 3.05) is 32.1 Å². The van der Waals surface area contributed by atoms with Crippen LogP contribution in [0.25, 0.3) is 0 Å². The fraction of sp³-hybridized carbons (Fsp3) is 0.692. The van der Waals surface area contributed by atoms with Crippen molar-refractivity contribution in [3.05, 3.63) is 11.9 Å². The summed E-state index contributed by atoms with van der Waals surface area (Å²) in [5.41, 5.74) is 0.950. The van der Waals surface area contributed by atoms with Gasteiger partial charge in [-0.05, 0) is 26.9 Å². The van der Waals surface area contributed by atoms with Crippen molar-refractivity contribution in [1.29, 1.82) is 0 Å². The van der Waals surface area contributed by atoms with Crippen LogP contribution in [0.1, 0.15) is 26.3 Å². The molecule has 0 aliphatic rings. The van der Waals surface area contributed by atoms with Crippen LogP contribution in [0, 0.1) is 6.92 Å². The highest BCUT2D eigenvalue weighted by molar-refractivity contribution is 5.48. The second-order valence-electron chi connectivity index (χ2n) is 4.39. The third-order valence-corrected chi connectivity index (χ3v) is 3.04. The first kappa shape index (κ1) is 14.7. The molecule has 0 radical (unpaired) electrons. The lowest BCUT2D eigenvalue weighted by Gasteiger charge is -2.24. The molecule has 1 aromatic rings. The fourth-order valence-corrected chi connectivity index (χ4v) is 1.93. The van der Waals surface area contributed by atoms with E-state index in [-0.39, 0.29) is 0 Å². The number of hydrogen-bond acceptors (Lipinski definition) is 5. The number of nitrogens with zero attached hydrogens (tertiary/aromatic N) is 3. The maximum Gasteiger partial charge on any atom is 0.221 e. The number of methoxy groups -OCH3 is 1. The van der Waals surface area contributed by atoms with Gasteiger partial charge in [0, 0.05) is 12.6 Å². The van der Waals surface area contributed by atoms with Gasteiger partial charge in [-0.1, -0.05) is 13.8 Å². The van der Waals surface area contributed by atoms with E-state index in [1.165, 1.54) is 6.33 Å². The highest BCUT2D eigenvalue weighted by atomic mass is 16.5. The Hall–Kier alpha value is -1.36. The molecule has 0 aliphatic carbocycles. The number of aromatic nitrogens is 2. The minimum Gasteiger partial charge on any atom is -0.481 e. The lowest BCUT2D eigenvalue weighted by molar-refractivity contribution is 0.294. The van der Waals surface area contributed by atoms with Crippen LogP contribution in [-0.4, -0.2) is 47.7 Å². The molecule has 5 heteroatoms. The van der Waals surface area contributed by atoms with Crippen LogP contribution < -0.4 is 10.1 Å². The molecule has 0 spiro atoms. The van der Waals surface area contributed by atoms with Gasteiger partial charge >= 0.3 is 0 Å². The lowest BCUT2D eigenvalue weighted by atomic mass is 10.2. The molecule has 1 aromatic heterocycles. The summed E-state index contributed by atoms with van der Waals surface area (Å²) in [5, 5.41) is 3.41. The van der Waals surface area contributed by atoms with Gasteiger partial charge < -0.3 is 15.0 Å². The molecule has 0 saturated carbocycles. The Balaban J connectivity index is 2.67. The van der Waals surface area contributed by atoms with Crippen molar-refractivity contribution in [2.24, 2.45) is 0 Å². The molecule has 0 saturated heterocycles. The summed E-state index contributed by atoms with van der Waals surface area (Å²) in [6, 6.07) is 0.336. The first-order chi connectivity index (χ1) is 8.62. The van der Waals surface area contributed by atoms with Crippen molar-refractivity contribution in [1.82, 2.24) is 14.9 Å². The van der Waals surface area contributed by atoms with Crippen LogP contribution in [0.5, 0.6) is 5.88 Å². The topological polar surface area (TPSA) is 50.3 Å². The van der Waals surface area contributed by atoms with Crippen molar-refractivity contribution in [2.45, 2.75) is 33.7 Å². The van der Waals surface area contributed by atoms with Gasteiger partial charge in [0.05, 0.1) is 12.7 Å². The van der Waals surface area contributed by atoms with E-state index < -0.39 is 0 Å². The number of nitrogens with one attached hydrogen (secondary N) is 1. The van der Waals surface area contributed by atoms with Crippen LogP contribution in [0.4, 0.5) is 5.82 Å². The first-order valence-electron chi connectivity index (χ1n) is 6.46.